The molecule has 0 radical (unpaired) electrons. The molecule has 0 aliphatic carbocycles. The number of amides is 3. The minimum absolute atomic E-state index is 0.208. The van der Waals surface area contributed by atoms with Gasteiger partial charge in [-0.15, -0.1) is 0 Å². The molecule has 1 fully saturated rings. The Morgan fingerprint density at radius 3 is 2.15 bits per heavy atom. The van der Waals surface area contributed by atoms with E-state index in [2.05, 4.69) is 10.6 Å². The number of carbonyl (C=O) groups is 4. The second-order valence-corrected chi connectivity index (χ2v) is 8.24. The number of para-hydroxylation sites is 1. The summed E-state index contributed by atoms with van der Waals surface area (Å²) in [5, 5.41) is 5.45. The third-order valence-electron chi connectivity index (χ3n) is 5.23. The van der Waals surface area contributed by atoms with Gasteiger partial charge in [-0.05, 0) is 63.1 Å². The lowest BCUT2D eigenvalue weighted by Gasteiger charge is -2.30. The fraction of sp³-hybridized carbons (Fsp3) is 0.360. The van der Waals surface area contributed by atoms with Crippen LogP contribution in [0.1, 0.15) is 37.0 Å². The summed E-state index contributed by atoms with van der Waals surface area (Å²) >= 11 is 0. The summed E-state index contributed by atoms with van der Waals surface area (Å²) in [5.41, 5.74) is 1.56. The topological polar surface area (TPSA) is 114 Å². The molecule has 0 bridgehead atoms. The van der Waals surface area contributed by atoms with E-state index >= 15 is 0 Å². The number of nitrogens with zero attached hydrogens (tertiary/aromatic N) is 1. The molecule has 0 atom stereocenters. The van der Waals surface area contributed by atoms with Crippen LogP contribution in [0.4, 0.5) is 16.2 Å². The lowest BCUT2D eigenvalue weighted by atomic mass is 9.97. The van der Waals surface area contributed by atoms with Crippen molar-refractivity contribution >= 4 is 35.3 Å². The fourth-order valence-corrected chi connectivity index (χ4v) is 3.47. The zero-order chi connectivity index (χ0) is 24.5. The summed E-state index contributed by atoms with van der Waals surface area (Å²) in [5.74, 6) is -1.74. The molecule has 2 aromatic rings. The Morgan fingerprint density at radius 1 is 0.912 bits per heavy atom. The van der Waals surface area contributed by atoms with Crippen molar-refractivity contribution in [2.45, 2.75) is 32.8 Å². The number of urea groups is 1. The fourth-order valence-electron chi connectivity index (χ4n) is 3.47. The van der Waals surface area contributed by atoms with Gasteiger partial charge in [-0.3, -0.25) is 9.59 Å². The molecule has 0 unspecified atom stereocenters. The van der Waals surface area contributed by atoms with Crippen molar-refractivity contribution in [2.75, 3.05) is 30.3 Å². The zero-order valence-corrected chi connectivity index (χ0v) is 19.3. The van der Waals surface area contributed by atoms with Gasteiger partial charge in [-0.25, -0.2) is 9.59 Å². The van der Waals surface area contributed by atoms with E-state index in [1.165, 1.54) is 0 Å². The van der Waals surface area contributed by atoms with Gasteiger partial charge in [0.2, 0.25) is 0 Å². The first-order valence-corrected chi connectivity index (χ1v) is 11.2. The summed E-state index contributed by atoms with van der Waals surface area (Å²) in [6.07, 6.45) is 0.716. The Balaban J connectivity index is 1.38. The first kappa shape index (κ1) is 24.8. The summed E-state index contributed by atoms with van der Waals surface area (Å²) < 4.78 is 10.3. The monoisotopic (exact) mass is 467 g/mol. The normalized spacial score (nSPS) is 13.8. The molecule has 3 rings (SSSR count). The summed E-state index contributed by atoms with van der Waals surface area (Å²) in [7, 11) is 0. The van der Waals surface area contributed by atoms with Crippen molar-refractivity contribution in [3.05, 3.63) is 60.2 Å². The van der Waals surface area contributed by atoms with Crippen LogP contribution < -0.4 is 10.6 Å². The number of benzene rings is 2. The molecule has 9 nitrogen and oxygen atoms in total. The predicted octanol–water partition coefficient (Wildman–Crippen LogP) is 3.68. The lowest BCUT2D eigenvalue weighted by Crippen LogP contribution is -2.43. The first-order valence-electron chi connectivity index (χ1n) is 11.2. The number of esters is 2. The Bertz CT molecular complexity index is 999. The second-order valence-electron chi connectivity index (χ2n) is 8.24. The largest absolute Gasteiger partial charge is 0.459 e. The van der Waals surface area contributed by atoms with Crippen molar-refractivity contribution in [3.8, 4) is 0 Å². The van der Waals surface area contributed by atoms with E-state index in [1.807, 2.05) is 30.3 Å². The van der Waals surface area contributed by atoms with Crippen LogP contribution in [0.25, 0.3) is 0 Å². The average molecular weight is 468 g/mol. The Hall–Kier alpha value is -3.88. The van der Waals surface area contributed by atoms with Gasteiger partial charge in [0.05, 0.1) is 17.6 Å². The first-order chi connectivity index (χ1) is 16.3. The van der Waals surface area contributed by atoms with Crippen LogP contribution in [0, 0.1) is 5.92 Å². The van der Waals surface area contributed by atoms with Gasteiger partial charge in [0.25, 0.3) is 5.91 Å². The molecule has 9 heteroatoms. The highest BCUT2D eigenvalue weighted by atomic mass is 16.5. The maximum atomic E-state index is 12.4. The maximum Gasteiger partial charge on any atom is 0.338 e. The van der Waals surface area contributed by atoms with Gasteiger partial charge in [-0.2, -0.15) is 0 Å². The minimum atomic E-state index is -0.481. The number of anilines is 2. The molecule has 0 saturated carbocycles. The van der Waals surface area contributed by atoms with E-state index in [-0.39, 0.29) is 18.1 Å². The lowest BCUT2D eigenvalue weighted by molar-refractivity contribution is -0.152. The number of piperidine rings is 1. The third kappa shape index (κ3) is 7.33. The van der Waals surface area contributed by atoms with Crippen molar-refractivity contribution in [2.24, 2.45) is 5.92 Å². The molecule has 1 saturated heterocycles. The SMILES string of the molecule is CC(C)OC(=O)c1ccc(NC(=O)COC(=O)C2CCN(C(=O)Nc3ccccc3)CC2)cc1. The van der Waals surface area contributed by atoms with Crippen LogP contribution in [0.2, 0.25) is 0 Å². The predicted molar refractivity (Wildman–Crippen MR) is 126 cm³/mol. The molecule has 0 aromatic heterocycles. The van der Waals surface area contributed by atoms with Crippen LogP contribution in [0.3, 0.4) is 0 Å². The molecule has 0 spiro atoms. The molecule has 3 amide bonds. The number of nitrogens with one attached hydrogen (secondary N) is 2. The molecule has 34 heavy (non-hydrogen) atoms. The standard InChI is InChI=1S/C25H29N3O6/c1-17(2)34-24(31)18-8-10-21(11-9-18)26-22(29)16-33-23(30)19-12-14-28(15-13-19)25(32)27-20-6-4-3-5-7-20/h3-11,17,19H,12-16H2,1-2H3,(H,26,29)(H,27,32). The van der Waals surface area contributed by atoms with Gasteiger partial charge >= 0.3 is 18.0 Å². The summed E-state index contributed by atoms with van der Waals surface area (Å²) in [6.45, 7) is 3.97. The van der Waals surface area contributed by atoms with E-state index in [1.54, 1.807) is 43.0 Å². The smallest absolute Gasteiger partial charge is 0.338 e. The summed E-state index contributed by atoms with van der Waals surface area (Å²) in [4.78, 5) is 50.4. The van der Waals surface area contributed by atoms with Gasteiger partial charge < -0.3 is 25.0 Å². The number of rotatable bonds is 7. The second kappa shape index (κ2) is 11.8. The molecule has 2 aromatic carbocycles. The van der Waals surface area contributed by atoms with E-state index in [0.29, 0.717) is 42.9 Å². The molecule has 1 aliphatic rings. The zero-order valence-electron chi connectivity index (χ0n) is 19.3. The highest BCUT2D eigenvalue weighted by Gasteiger charge is 2.28. The number of ether oxygens (including phenoxy) is 2. The molecule has 2 N–H and O–H groups in total. The van der Waals surface area contributed by atoms with Gasteiger partial charge in [0, 0.05) is 24.5 Å². The number of hydrogen-bond acceptors (Lipinski definition) is 6. The van der Waals surface area contributed by atoms with E-state index < -0.39 is 24.5 Å². The van der Waals surface area contributed by atoms with Gasteiger partial charge in [0.1, 0.15) is 0 Å². The third-order valence-corrected chi connectivity index (χ3v) is 5.23. The number of hydrogen-bond donors (Lipinski definition) is 2. The Kier molecular flexibility index (Phi) is 8.61. The number of carbonyl (C=O) groups excluding carboxylic acids is 4. The van der Waals surface area contributed by atoms with Crippen LogP contribution in [-0.2, 0) is 19.1 Å². The quantitative estimate of drug-likeness (QED) is 0.601. The van der Waals surface area contributed by atoms with Gasteiger partial charge in [-0.1, -0.05) is 18.2 Å². The molecular weight excluding hydrogens is 438 g/mol. The van der Waals surface area contributed by atoms with Crippen LogP contribution in [0.5, 0.6) is 0 Å². The summed E-state index contributed by atoms with van der Waals surface area (Å²) in [6, 6.07) is 15.2. The average Bonchev–Trinajstić information content (AvgIpc) is 2.83. The van der Waals surface area contributed by atoms with Crippen LogP contribution in [0.15, 0.2) is 54.6 Å². The van der Waals surface area contributed by atoms with Crippen molar-refractivity contribution in [1.82, 2.24) is 4.90 Å². The maximum absolute atomic E-state index is 12.4. The van der Waals surface area contributed by atoms with Crippen LogP contribution >= 0.6 is 0 Å². The molecular formula is C25H29N3O6. The van der Waals surface area contributed by atoms with E-state index in [0.717, 1.165) is 0 Å². The molecule has 1 aliphatic heterocycles. The van der Waals surface area contributed by atoms with E-state index in [9.17, 15) is 19.2 Å². The van der Waals surface area contributed by atoms with Crippen LogP contribution in [-0.4, -0.2) is 54.6 Å². The van der Waals surface area contributed by atoms with Crippen molar-refractivity contribution < 1.29 is 28.7 Å². The van der Waals surface area contributed by atoms with E-state index in [4.69, 9.17) is 9.47 Å². The van der Waals surface area contributed by atoms with Gasteiger partial charge in [0.15, 0.2) is 6.61 Å². The van der Waals surface area contributed by atoms with Crippen molar-refractivity contribution in [1.29, 1.82) is 0 Å². The molecule has 1 heterocycles. The highest BCUT2D eigenvalue weighted by Crippen LogP contribution is 2.20. The minimum Gasteiger partial charge on any atom is -0.459 e. The molecule has 180 valence electrons. The van der Waals surface area contributed by atoms with Crippen molar-refractivity contribution in [3.63, 3.8) is 0 Å². The highest BCUT2D eigenvalue weighted by molar-refractivity contribution is 5.94. The Labute approximate surface area is 198 Å². The number of likely N-dealkylation sites (tertiary alicyclic amines) is 1. The Morgan fingerprint density at radius 2 is 1.53 bits per heavy atom.